The molecule has 4 N–H and O–H groups in total. The fraction of sp³-hybridized carbons (Fsp3) is 0.182. The smallest absolute Gasteiger partial charge is 0.327 e. The Morgan fingerprint density at radius 3 is 2.21 bits per heavy atom. The number of benzene rings is 1. The summed E-state index contributed by atoms with van der Waals surface area (Å²) in [6.07, 6.45) is 0. The summed E-state index contributed by atoms with van der Waals surface area (Å²) in [4.78, 5) is 33.0. The second-order valence-corrected chi connectivity index (χ2v) is 3.34. The number of carbonyl (C=O) groups excluding carboxylic acids is 3. The van der Waals surface area contributed by atoms with Crippen LogP contribution < -0.4 is 26.1 Å². The number of rotatable bonds is 3. The first kappa shape index (κ1) is 14.3. The van der Waals surface area contributed by atoms with Crippen molar-refractivity contribution in [2.24, 2.45) is 5.73 Å². The number of nitrogens with one attached hydrogen (secondary N) is 2. The second kappa shape index (κ2) is 6.24. The van der Waals surface area contributed by atoms with E-state index in [4.69, 9.17) is 15.2 Å². The highest BCUT2D eigenvalue weighted by Crippen LogP contribution is 2.27. The van der Waals surface area contributed by atoms with E-state index in [0.717, 1.165) is 0 Å². The first-order chi connectivity index (χ1) is 8.99. The van der Waals surface area contributed by atoms with Crippen LogP contribution in [0, 0.1) is 0 Å². The van der Waals surface area contributed by atoms with Gasteiger partial charge in [-0.25, -0.2) is 0 Å². The largest absolute Gasteiger partial charge is 0.493 e. The molecule has 19 heavy (non-hydrogen) atoms. The standard InChI is InChI=1S/C11H13N3O5/c1-18-7-4-3-6(5-8(7)19-2)10(16)13-14-11(17)9(12)15/h3-5H,1-2H3,(H2,12,15)(H,13,16)(H,14,17). The minimum atomic E-state index is -1.20. The highest BCUT2D eigenvalue weighted by Gasteiger charge is 2.13. The number of amides is 3. The molecule has 1 aromatic rings. The SMILES string of the molecule is COc1ccc(C(=O)NNC(=O)C(N)=O)cc1OC. The monoisotopic (exact) mass is 267 g/mol. The van der Waals surface area contributed by atoms with Crippen LogP contribution in [0.25, 0.3) is 0 Å². The Hall–Kier alpha value is -2.77. The van der Waals surface area contributed by atoms with Crippen LogP contribution in [0.3, 0.4) is 0 Å². The van der Waals surface area contributed by atoms with Crippen LogP contribution in [0.15, 0.2) is 18.2 Å². The average Bonchev–Trinajstić information content (AvgIpc) is 2.43. The van der Waals surface area contributed by atoms with Crippen LogP contribution in [0.1, 0.15) is 10.4 Å². The van der Waals surface area contributed by atoms with Crippen LogP contribution in [-0.2, 0) is 9.59 Å². The summed E-state index contributed by atoms with van der Waals surface area (Å²) >= 11 is 0. The van der Waals surface area contributed by atoms with Gasteiger partial charge in [-0.15, -0.1) is 0 Å². The molecule has 0 atom stereocenters. The molecule has 8 heteroatoms. The Morgan fingerprint density at radius 2 is 1.68 bits per heavy atom. The summed E-state index contributed by atoms with van der Waals surface area (Å²) in [5, 5.41) is 0. The zero-order valence-corrected chi connectivity index (χ0v) is 10.4. The van der Waals surface area contributed by atoms with Crippen LogP contribution in [-0.4, -0.2) is 31.9 Å². The van der Waals surface area contributed by atoms with Gasteiger partial charge in [-0.05, 0) is 18.2 Å². The third-order valence-corrected chi connectivity index (χ3v) is 2.16. The van der Waals surface area contributed by atoms with E-state index in [9.17, 15) is 14.4 Å². The van der Waals surface area contributed by atoms with Gasteiger partial charge in [-0.2, -0.15) is 0 Å². The minimum Gasteiger partial charge on any atom is -0.493 e. The highest BCUT2D eigenvalue weighted by atomic mass is 16.5. The van der Waals surface area contributed by atoms with E-state index < -0.39 is 17.7 Å². The van der Waals surface area contributed by atoms with Crippen molar-refractivity contribution in [3.05, 3.63) is 23.8 Å². The maximum Gasteiger partial charge on any atom is 0.327 e. The predicted octanol–water partition coefficient (Wildman–Crippen LogP) is -1.05. The third-order valence-electron chi connectivity index (χ3n) is 2.16. The van der Waals surface area contributed by atoms with Crippen molar-refractivity contribution in [3.8, 4) is 11.5 Å². The van der Waals surface area contributed by atoms with Crippen molar-refractivity contribution >= 4 is 17.7 Å². The summed E-state index contributed by atoms with van der Waals surface area (Å²) < 4.78 is 10.0. The van der Waals surface area contributed by atoms with Crippen molar-refractivity contribution in [1.29, 1.82) is 0 Å². The van der Waals surface area contributed by atoms with Gasteiger partial charge in [0.15, 0.2) is 11.5 Å². The molecule has 8 nitrogen and oxygen atoms in total. The zero-order valence-electron chi connectivity index (χ0n) is 10.4. The summed E-state index contributed by atoms with van der Waals surface area (Å²) in [7, 11) is 2.89. The molecule has 0 unspecified atom stereocenters. The van der Waals surface area contributed by atoms with E-state index in [1.807, 2.05) is 10.9 Å². The molecule has 0 aliphatic heterocycles. The first-order valence-electron chi connectivity index (χ1n) is 5.11. The molecule has 102 valence electrons. The Labute approximate surface area is 108 Å². The normalized spacial score (nSPS) is 9.37. The number of carbonyl (C=O) groups is 3. The van der Waals surface area contributed by atoms with Gasteiger partial charge in [-0.3, -0.25) is 25.2 Å². The van der Waals surface area contributed by atoms with Crippen molar-refractivity contribution < 1.29 is 23.9 Å². The maximum atomic E-state index is 11.7. The van der Waals surface area contributed by atoms with E-state index in [0.29, 0.717) is 11.5 Å². The Bertz CT molecular complexity index is 515. The molecule has 0 bridgehead atoms. The fourth-order valence-electron chi connectivity index (χ4n) is 1.22. The first-order valence-corrected chi connectivity index (χ1v) is 5.11. The molecule has 0 radical (unpaired) electrons. The van der Waals surface area contributed by atoms with Crippen molar-refractivity contribution in [1.82, 2.24) is 10.9 Å². The Balaban J connectivity index is 2.77. The van der Waals surface area contributed by atoms with Crippen LogP contribution in [0.5, 0.6) is 11.5 Å². The van der Waals surface area contributed by atoms with Gasteiger partial charge < -0.3 is 15.2 Å². The molecular weight excluding hydrogens is 254 g/mol. The lowest BCUT2D eigenvalue weighted by Crippen LogP contribution is -2.47. The summed E-state index contributed by atoms with van der Waals surface area (Å²) in [6.45, 7) is 0. The molecule has 1 aromatic carbocycles. The Kier molecular flexibility index (Phi) is 4.69. The summed E-state index contributed by atoms with van der Waals surface area (Å²) in [5.74, 6) is -2.13. The molecule has 0 aromatic heterocycles. The Morgan fingerprint density at radius 1 is 1.05 bits per heavy atom. The van der Waals surface area contributed by atoms with Crippen LogP contribution >= 0.6 is 0 Å². The lowest BCUT2D eigenvalue weighted by atomic mass is 10.2. The molecule has 0 spiro atoms. The molecule has 3 amide bonds. The van der Waals surface area contributed by atoms with Crippen molar-refractivity contribution in [2.45, 2.75) is 0 Å². The lowest BCUT2D eigenvalue weighted by Gasteiger charge is -2.10. The number of hydrogen-bond acceptors (Lipinski definition) is 5. The average molecular weight is 267 g/mol. The van der Waals surface area contributed by atoms with Gasteiger partial charge in [0, 0.05) is 5.56 Å². The summed E-state index contributed by atoms with van der Waals surface area (Å²) in [5.41, 5.74) is 8.81. The lowest BCUT2D eigenvalue weighted by molar-refractivity contribution is -0.137. The molecule has 0 aliphatic carbocycles. The van der Waals surface area contributed by atoms with Gasteiger partial charge in [0.1, 0.15) is 0 Å². The molecule has 0 saturated heterocycles. The topological polar surface area (TPSA) is 120 Å². The molecule has 0 fully saturated rings. The van der Waals surface area contributed by atoms with Gasteiger partial charge in [-0.1, -0.05) is 0 Å². The number of nitrogens with two attached hydrogens (primary N) is 1. The molecule has 1 rings (SSSR count). The molecule has 0 heterocycles. The number of hydrogen-bond donors (Lipinski definition) is 3. The van der Waals surface area contributed by atoms with Gasteiger partial charge >= 0.3 is 11.8 Å². The molecule has 0 aliphatic rings. The van der Waals surface area contributed by atoms with Crippen molar-refractivity contribution in [3.63, 3.8) is 0 Å². The number of primary amides is 1. The predicted molar refractivity (Wildman–Crippen MR) is 64.3 cm³/mol. The summed E-state index contributed by atoms with van der Waals surface area (Å²) in [6, 6.07) is 4.42. The maximum absolute atomic E-state index is 11.7. The number of methoxy groups -OCH3 is 2. The third kappa shape index (κ3) is 3.60. The van der Waals surface area contributed by atoms with E-state index in [1.165, 1.54) is 32.4 Å². The van der Waals surface area contributed by atoms with Gasteiger partial charge in [0.25, 0.3) is 5.91 Å². The van der Waals surface area contributed by atoms with Crippen LogP contribution in [0.4, 0.5) is 0 Å². The number of ether oxygens (including phenoxy) is 2. The number of hydrazine groups is 1. The van der Waals surface area contributed by atoms with E-state index in [-0.39, 0.29) is 5.56 Å². The van der Waals surface area contributed by atoms with E-state index >= 15 is 0 Å². The van der Waals surface area contributed by atoms with E-state index in [1.54, 1.807) is 0 Å². The second-order valence-electron chi connectivity index (χ2n) is 3.34. The van der Waals surface area contributed by atoms with E-state index in [2.05, 4.69) is 0 Å². The highest BCUT2D eigenvalue weighted by molar-refractivity contribution is 6.34. The van der Waals surface area contributed by atoms with Crippen molar-refractivity contribution in [2.75, 3.05) is 14.2 Å². The quantitative estimate of drug-likeness (QED) is 0.477. The van der Waals surface area contributed by atoms with Gasteiger partial charge in [0.05, 0.1) is 14.2 Å². The molecule has 0 saturated carbocycles. The zero-order chi connectivity index (χ0) is 14.4. The fourth-order valence-corrected chi connectivity index (χ4v) is 1.22. The minimum absolute atomic E-state index is 0.211. The van der Waals surface area contributed by atoms with Crippen LogP contribution in [0.2, 0.25) is 0 Å². The molecular formula is C11H13N3O5. The van der Waals surface area contributed by atoms with Gasteiger partial charge in [0.2, 0.25) is 0 Å².